The third-order valence-electron chi connectivity index (χ3n) is 4.53. The minimum Gasteiger partial charge on any atom is -0.497 e. The van der Waals surface area contributed by atoms with Crippen LogP contribution in [0.5, 0.6) is 17.2 Å². The first-order valence-electron chi connectivity index (χ1n) is 8.64. The molecule has 1 atom stereocenters. The van der Waals surface area contributed by atoms with E-state index < -0.39 is 0 Å². The Hall–Kier alpha value is -2.98. The summed E-state index contributed by atoms with van der Waals surface area (Å²) in [5.74, 6) is 2.47. The number of nitrogens with one attached hydrogen (secondary N) is 1. The molecule has 1 heterocycles. The van der Waals surface area contributed by atoms with Gasteiger partial charge in [0, 0.05) is 6.54 Å². The van der Waals surface area contributed by atoms with Gasteiger partial charge in [0.2, 0.25) is 6.79 Å². The summed E-state index contributed by atoms with van der Waals surface area (Å²) in [7, 11) is 1.68. The summed E-state index contributed by atoms with van der Waals surface area (Å²) in [4.78, 5) is 0. The Morgan fingerprint density at radius 2 is 1.65 bits per heavy atom. The zero-order valence-electron chi connectivity index (χ0n) is 14.6. The fourth-order valence-electron chi connectivity index (χ4n) is 3.13. The molecule has 0 bridgehead atoms. The molecule has 0 amide bonds. The molecule has 0 aromatic heterocycles. The van der Waals surface area contributed by atoms with E-state index in [0.29, 0.717) is 0 Å². The molecule has 3 aromatic rings. The smallest absolute Gasteiger partial charge is 0.231 e. The molecule has 1 N–H and O–H groups in total. The summed E-state index contributed by atoms with van der Waals surface area (Å²) in [6.45, 7) is 1.03. The second-order valence-electron chi connectivity index (χ2n) is 6.19. The van der Waals surface area contributed by atoms with Crippen LogP contribution in [0.4, 0.5) is 0 Å². The van der Waals surface area contributed by atoms with Gasteiger partial charge in [0.25, 0.3) is 0 Å². The summed E-state index contributed by atoms with van der Waals surface area (Å²) in [6, 6.07) is 24.7. The molecule has 3 aromatic carbocycles. The standard InChI is InChI=1S/C22H21NO3/c1-24-19-10-7-16(8-11-19)14-23-22(17-5-3-2-4-6-17)18-9-12-20-21(13-18)26-15-25-20/h2-13,22-23H,14-15H2,1H3. The van der Waals surface area contributed by atoms with Gasteiger partial charge in [-0.1, -0.05) is 48.5 Å². The van der Waals surface area contributed by atoms with E-state index >= 15 is 0 Å². The van der Waals surface area contributed by atoms with Crippen LogP contribution in [0, 0.1) is 0 Å². The van der Waals surface area contributed by atoms with Crippen molar-refractivity contribution >= 4 is 0 Å². The molecule has 4 rings (SSSR count). The molecule has 0 fully saturated rings. The van der Waals surface area contributed by atoms with E-state index in [1.54, 1.807) is 7.11 Å². The molecule has 1 unspecified atom stereocenters. The SMILES string of the molecule is COc1ccc(CNC(c2ccccc2)c2ccc3c(c2)OCO3)cc1. The summed E-state index contributed by atoms with van der Waals surface area (Å²) in [6.07, 6.45) is 0. The lowest BCUT2D eigenvalue weighted by Crippen LogP contribution is -2.22. The van der Waals surface area contributed by atoms with Crippen LogP contribution >= 0.6 is 0 Å². The van der Waals surface area contributed by atoms with Crippen molar-refractivity contribution in [2.24, 2.45) is 0 Å². The van der Waals surface area contributed by atoms with Crippen molar-refractivity contribution in [3.05, 3.63) is 89.5 Å². The highest BCUT2D eigenvalue weighted by molar-refractivity contribution is 5.47. The maximum atomic E-state index is 5.55. The topological polar surface area (TPSA) is 39.7 Å². The van der Waals surface area contributed by atoms with Crippen molar-refractivity contribution in [2.45, 2.75) is 12.6 Å². The van der Waals surface area contributed by atoms with E-state index in [1.165, 1.54) is 11.1 Å². The Labute approximate surface area is 153 Å². The summed E-state index contributed by atoms with van der Waals surface area (Å²) in [5.41, 5.74) is 3.56. The van der Waals surface area contributed by atoms with Gasteiger partial charge < -0.3 is 19.5 Å². The van der Waals surface area contributed by atoms with Crippen LogP contribution in [0.1, 0.15) is 22.7 Å². The van der Waals surface area contributed by atoms with E-state index in [-0.39, 0.29) is 12.8 Å². The molecule has 0 saturated heterocycles. The van der Waals surface area contributed by atoms with Crippen LogP contribution in [0.3, 0.4) is 0 Å². The number of ether oxygens (including phenoxy) is 3. The van der Waals surface area contributed by atoms with E-state index in [1.807, 2.05) is 24.3 Å². The first-order chi connectivity index (χ1) is 12.8. The molecule has 132 valence electrons. The fourth-order valence-corrected chi connectivity index (χ4v) is 3.13. The third-order valence-corrected chi connectivity index (χ3v) is 4.53. The van der Waals surface area contributed by atoms with Gasteiger partial charge in [-0.05, 0) is 41.0 Å². The Morgan fingerprint density at radius 1 is 0.885 bits per heavy atom. The monoisotopic (exact) mass is 347 g/mol. The van der Waals surface area contributed by atoms with Gasteiger partial charge in [-0.3, -0.25) is 0 Å². The van der Waals surface area contributed by atoms with Gasteiger partial charge in [-0.2, -0.15) is 0 Å². The Morgan fingerprint density at radius 3 is 2.42 bits per heavy atom. The average molecular weight is 347 g/mol. The van der Waals surface area contributed by atoms with Gasteiger partial charge in [0.1, 0.15) is 5.75 Å². The average Bonchev–Trinajstić information content (AvgIpc) is 3.17. The first-order valence-corrected chi connectivity index (χ1v) is 8.64. The number of methoxy groups -OCH3 is 1. The lowest BCUT2D eigenvalue weighted by molar-refractivity contribution is 0.174. The van der Waals surface area contributed by atoms with E-state index in [4.69, 9.17) is 14.2 Å². The second kappa shape index (κ2) is 7.50. The van der Waals surface area contributed by atoms with Crippen LogP contribution in [0.2, 0.25) is 0 Å². The zero-order chi connectivity index (χ0) is 17.8. The van der Waals surface area contributed by atoms with Crippen LogP contribution < -0.4 is 19.5 Å². The molecule has 1 aliphatic rings. The van der Waals surface area contributed by atoms with Gasteiger partial charge in [0.15, 0.2) is 11.5 Å². The lowest BCUT2D eigenvalue weighted by atomic mass is 9.98. The van der Waals surface area contributed by atoms with E-state index in [2.05, 4.69) is 53.8 Å². The highest BCUT2D eigenvalue weighted by atomic mass is 16.7. The molecule has 0 spiro atoms. The number of hydrogen-bond acceptors (Lipinski definition) is 4. The van der Waals surface area contributed by atoms with Crippen molar-refractivity contribution in [1.29, 1.82) is 0 Å². The fraction of sp³-hybridized carbons (Fsp3) is 0.182. The van der Waals surface area contributed by atoms with Crippen LogP contribution in [-0.2, 0) is 6.54 Å². The zero-order valence-corrected chi connectivity index (χ0v) is 14.6. The molecule has 0 saturated carbocycles. The maximum Gasteiger partial charge on any atom is 0.231 e. The van der Waals surface area contributed by atoms with Gasteiger partial charge in [-0.15, -0.1) is 0 Å². The molecule has 1 aliphatic heterocycles. The van der Waals surface area contributed by atoms with Crippen molar-refractivity contribution in [3.63, 3.8) is 0 Å². The largest absolute Gasteiger partial charge is 0.497 e. The molecular weight excluding hydrogens is 326 g/mol. The Bertz CT molecular complexity index is 862. The van der Waals surface area contributed by atoms with Crippen molar-refractivity contribution in [2.75, 3.05) is 13.9 Å². The molecule has 26 heavy (non-hydrogen) atoms. The minimum absolute atomic E-state index is 0.0628. The second-order valence-corrected chi connectivity index (χ2v) is 6.19. The number of benzene rings is 3. The van der Waals surface area contributed by atoms with Gasteiger partial charge >= 0.3 is 0 Å². The molecule has 4 nitrogen and oxygen atoms in total. The summed E-state index contributed by atoms with van der Waals surface area (Å²) < 4.78 is 16.2. The van der Waals surface area contributed by atoms with Gasteiger partial charge in [0.05, 0.1) is 13.2 Å². The highest BCUT2D eigenvalue weighted by Crippen LogP contribution is 2.35. The van der Waals surface area contributed by atoms with Crippen LogP contribution in [0.25, 0.3) is 0 Å². The molecule has 0 aliphatic carbocycles. The van der Waals surface area contributed by atoms with E-state index in [0.717, 1.165) is 29.4 Å². The predicted molar refractivity (Wildman–Crippen MR) is 101 cm³/mol. The number of hydrogen-bond donors (Lipinski definition) is 1. The lowest BCUT2D eigenvalue weighted by Gasteiger charge is -2.20. The summed E-state index contributed by atoms with van der Waals surface area (Å²) >= 11 is 0. The van der Waals surface area contributed by atoms with Crippen LogP contribution in [-0.4, -0.2) is 13.9 Å². The number of fused-ring (bicyclic) bond motifs is 1. The Kier molecular flexibility index (Phi) is 4.75. The van der Waals surface area contributed by atoms with Gasteiger partial charge in [-0.25, -0.2) is 0 Å². The Balaban J connectivity index is 1.59. The molecular formula is C22H21NO3. The highest BCUT2D eigenvalue weighted by Gasteiger charge is 2.19. The van der Waals surface area contributed by atoms with Crippen molar-refractivity contribution in [3.8, 4) is 17.2 Å². The van der Waals surface area contributed by atoms with Crippen molar-refractivity contribution in [1.82, 2.24) is 5.32 Å². The van der Waals surface area contributed by atoms with Crippen molar-refractivity contribution < 1.29 is 14.2 Å². The number of rotatable bonds is 6. The molecule has 4 heteroatoms. The third kappa shape index (κ3) is 3.51. The predicted octanol–water partition coefficient (Wildman–Crippen LogP) is 4.30. The minimum atomic E-state index is 0.0628. The summed E-state index contributed by atoms with van der Waals surface area (Å²) in [5, 5.41) is 3.66. The van der Waals surface area contributed by atoms with E-state index in [9.17, 15) is 0 Å². The first kappa shape index (κ1) is 16.5. The quantitative estimate of drug-likeness (QED) is 0.721. The normalized spacial score (nSPS) is 13.4. The van der Waals surface area contributed by atoms with Crippen LogP contribution in [0.15, 0.2) is 72.8 Å². The maximum absolute atomic E-state index is 5.55. The molecule has 0 radical (unpaired) electrons.